The zero-order valence-corrected chi connectivity index (χ0v) is 11.9. The summed E-state index contributed by atoms with van der Waals surface area (Å²) in [5.74, 6) is -1.37. The summed E-state index contributed by atoms with van der Waals surface area (Å²) in [6.45, 7) is -0.787. The van der Waals surface area contributed by atoms with Crippen molar-refractivity contribution in [3.05, 3.63) is 64.9 Å². The fourth-order valence-electron chi connectivity index (χ4n) is 2.59. The summed E-state index contributed by atoms with van der Waals surface area (Å²) in [6, 6.07) is 9.02. The molecule has 118 valence electrons. The Balaban J connectivity index is 2.03. The number of alkyl halides is 2. The highest BCUT2D eigenvalue weighted by atomic mass is 19.3. The molecule has 0 saturated heterocycles. The SMILES string of the molecule is O=C(O)c1cnc(OCC(F)F)c(C2C=Cc3ccccc32)c1. The number of pyridine rings is 1. The highest BCUT2D eigenvalue weighted by molar-refractivity contribution is 5.87. The van der Waals surface area contributed by atoms with Gasteiger partial charge in [-0.25, -0.2) is 18.6 Å². The maximum atomic E-state index is 12.4. The number of carbonyl (C=O) groups is 1. The molecule has 4 nitrogen and oxygen atoms in total. The average molecular weight is 317 g/mol. The van der Waals surface area contributed by atoms with Crippen molar-refractivity contribution in [1.82, 2.24) is 4.98 Å². The number of carboxylic acid groups (broad SMARTS) is 1. The van der Waals surface area contributed by atoms with Gasteiger partial charge in [0, 0.05) is 17.7 Å². The topological polar surface area (TPSA) is 59.4 Å². The van der Waals surface area contributed by atoms with E-state index in [1.807, 2.05) is 36.4 Å². The summed E-state index contributed by atoms with van der Waals surface area (Å²) in [4.78, 5) is 15.1. The lowest BCUT2D eigenvalue weighted by Gasteiger charge is -2.16. The van der Waals surface area contributed by atoms with Crippen molar-refractivity contribution in [2.75, 3.05) is 6.61 Å². The van der Waals surface area contributed by atoms with Gasteiger partial charge < -0.3 is 9.84 Å². The van der Waals surface area contributed by atoms with Gasteiger partial charge in [0.2, 0.25) is 5.88 Å². The third-order valence-electron chi connectivity index (χ3n) is 3.61. The molecule has 23 heavy (non-hydrogen) atoms. The smallest absolute Gasteiger partial charge is 0.337 e. The molecule has 0 saturated carbocycles. The summed E-state index contributed by atoms with van der Waals surface area (Å²) in [7, 11) is 0. The Morgan fingerprint density at radius 1 is 1.30 bits per heavy atom. The molecular formula is C17H13F2NO3. The maximum absolute atomic E-state index is 12.4. The van der Waals surface area contributed by atoms with Gasteiger partial charge in [-0.3, -0.25) is 0 Å². The fourth-order valence-corrected chi connectivity index (χ4v) is 2.59. The van der Waals surface area contributed by atoms with Gasteiger partial charge in [-0.1, -0.05) is 36.4 Å². The molecule has 3 rings (SSSR count). The lowest BCUT2D eigenvalue weighted by atomic mass is 9.93. The first-order valence-corrected chi connectivity index (χ1v) is 6.97. The molecule has 2 aromatic rings. The molecule has 1 aromatic carbocycles. The number of nitrogens with zero attached hydrogens (tertiary/aromatic N) is 1. The summed E-state index contributed by atoms with van der Waals surface area (Å²) in [6.07, 6.45) is 2.26. The van der Waals surface area contributed by atoms with Gasteiger partial charge in [0.25, 0.3) is 6.43 Å². The minimum absolute atomic E-state index is 0.0119. The van der Waals surface area contributed by atoms with Crippen molar-refractivity contribution in [3.63, 3.8) is 0 Å². The van der Waals surface area contributed by atoms with Crippen LogP contribution in [0, 0.1) is 0 Å². The van der Waals surface area contributed by atoms with E-state index in [0.29, 0.717) is 5.56 Å². The van der Waals surface area contributed by atoms with E-state index < -0.39 is 19.0 Å². The van der Waals surface area contributed by atoms with Crippen LogP contribution in [0.1, 0.15) is 33.0 Å². The first-order chi connectivity index (χ1) is 11.1. The number of aromatic nitrogens is 1. The van der Waals surface area contributed by atoms with Crippen molar-refractivity contribution in [1.29, 1.82) is 0 Å². The molecule has 1 aliphatic carbocycles. The second-order valence-electron chi connectivity index (χ2n) is 5.09. The average Bonchev–Trinajstić information content (AvgIpc) is 2.96. The first-order valence-electron chi connectivity index (χ1n) is 6.97. The van der Waals surface area contributed by atoms with E-state index in [0.717, 1.165) is 17.3 Å². The number of aromatic carboxylic acids is 1. The van der Waals surface area contributed by atoms with Crippen molar-refractivity contribution < 1.29 is 23.4 Å². The van der Waals surface area contributed by atoms with Crippen LogP contribution in [0.25, 0.3) is 6.08 Å². The number of benzene rings is 1. The van der Waals surface area contributed by atoms with E-state index in [4.69, 9.17) is 9.84 Å². The molecule has 1 unspecified atom stereocenters. The van der Waals surface area contributed by atoms with Gasteiger partial charge >= 0.3 is 5.97 Å². The van der Waals surface area contributed by atoms with Crippen molar-refractivity contribution in [2.45, 2.75) is 12.3 Å². The Bertz CT molecular complexity index is 774. The predicted molar refractivity (Wildman–Crippen MR) is 80.0 cm³/mol. The van der Waals surface area contributed by atoms with Crippen LogP contribution in [-0.4, -0.2) is 29.1 Å². The Morgan fingerprint density at radius 3 is 2.83 bits per heavy atom. The largest absolute Gasteiger partial charge is 0.478 e. The van der Waals surface area contributed by atoms with E-state index in [-0.39, 0.29) is 17.4 Å². The second kappa shape index (κ2) is 6.16. The zero-order valence-electron chi connectivity index (χ0n) is 11.9. The van der Waals surface area contributed by atoms with E-state index in [2.05, 4.69) is 4.98 Å². The number of allylic oxidation sites excluding steroid dienone is 1. The molecule has 0 spiro atoms. The number of ether oxygens (including phenoxy) is 1. The number of carboxylic acids is 1. The summed E-state index contributed by atoms with van der Waals surface area (Å²) >= 11 is 0. The zero-order chi connectivity index (χ0) is 16.4. The molecule has 1 atom stereocenters. The molecule has 0 bridgehead atoms. The van der Waals surface area contributed by atoms with Gasteiger partial charge in [0.15, 0.2) is 6.61 Å². The molecule has 6 heteroatoms. The molecule has 0 radical (unpaired) electrons. The highest BCUT2D eigenvalue weighted by Crippen LogP contribution is 2.38. The van der Waals surface area contributed by atoms with Crippen LogP contribution in [-0.2, 0) is 0 Å². The van der Waals surface area contributed by atoms with Gasteiger partial charge in [-0.15, -0.1) is 0 Å². The monoisotopic (exact) mass is 317 g/mol. The van der Waals surface area contributed by atoms with E-state index in [1.165, 1.54) is 6.07 Å². The van der Waals surface area contributed by atoms with Crippen LogP contribution < -0.4 is 4.74 Å². The number of rotatable bonds is 5. The van der Waals surface area contributed by atoms with Crippen molar-refractivity contribution in [3.8, 4) is 5.88 Å². The number of fused-ring (bicyclic) bond motifs is 1. The third kappa shape index (κ3) is 3.06. The molecule has 0 fully saturated rings. The maximum Gasteiger partial charge on any atom is 0.337 e. The molecule has 0 aliphatic heterocycles. The standard InChI is InChI=1S/C17H13F2NO3/c18-15(19)9-23-16-14(7-11(8-20-16)17(21)22)13-6-5-10-3-1-2-4-12(10)13/h1-8,13,15H,9H2,(H,21,22). The van der Waals surface area contributed by atoms with Crippen LogP contribution in [0.4, 0.5) is 8.78 Å². The van der Waals surface area contributed by atoms with Crippen LogP contribution in [0.5, 0.6) is 5.88 Å². The Morgan fingerprint density at radius 2 is 2.09 bits per heavy atom. The quantitative estimate of drug-likeness (QED) is 0.915. The third-order valence-corrected chi connectivity index (χ3v) is 3.61. The van der Waals surface area contributed by atoms with Gasteiger partial charge in [-0.05, 0) is 17.2 Å². The Hall–Kier alpha value is -2.76. The lowest BCUT2D eigenvalue weighted by Crippen LogP contribution is -2.12. The summed E-state index contributed by atoms with van der Waals surface area (Å²) in [5.41, 5.74) is 2.41. The predicted octanol–water partition coefficient (Wildman–Crippen LogP) is 3.58. The van der Waals surface area contributed by atoms with Crippen molar-refractivity contribution in [2.24, 2.45) is 0 Å². The van der Waals surface area contributed by atoms with Gasteiger partial charge in [-0.2, -0.15) is 0 Å². The number of halogens is 2. The lowest BCUT2D eigenvalue weighted by molar-refractivity contribution is 0.0693. The minimum Gasteiger partial charge on any atom is -0.478 e. The molecule has 1 N–H and O–H groups in total. The normalized spacial score (nSPS) is 15.7. The molecule has 0 amide bonds. The number of hydrogen-bond acceptors (Lipinski definition) is 3. The molecular weight excluding hydrogens is 304 g/mol. The summed E-state index contributed by atoms with van der Waals surface area (Å²) < 4.78 is 29.9. The van der Waals surface area contributed by atoms with E-state index in [9.17, 15) is 13.6 Å². The van der Waals surface area contributed by atoms with Gasteiger partial charge in [0.1, 0.15) is 0 Å². The fraction of sp³-hybridized carbons (Fsp3) is 0.176. The van der Waals surface area contributed by atoms with Crippen LogP contribution in [0.3, 0.4) is 0 Å². The van der Waals surface area contributed by atoms with Crippen LogP contribution in [0.2, 0.25) is 0 Å². The summed E-state index contributed by atoms with van der Waals surface area (Å²) in [5, 5.41) is 9.14. The van der Waals surface area contributed by atoms with Crippen LogP contribution in [0.15, 0.2) is 42.6 Å². The van der Waals surface area contributed by atoms with E-state index in [1.54, 1.807) is 0 Å². The molecule has 1 aliphatic rings. The van der Waals surface area contributed by atoms with Crippen LogP contribution >= 0.6 is 0 Å². The number of hydrogen-bond donors (Lipinski definition) is 1. The van der Waals surface area contributed by atoms with Crippen molar-refractivity contribution >= 4 is 12.0 Å². The van der Waals surface area contributed by atoms with E-state index >= 15 is 0 Å². The highest BCUT2D eigenvalue weighted by Gasteiger charge is 2.24. The second-order valence-corrected chi connectivity index (χ2v) is 5.09. The Labute approximate surface area is 131 Å². The first kappa shape index (κ1) is 15.1. The van der Waals surface area contributed by atoms with Gasteiger partial charge in [0.05, 0.1) is 5.56 Å². The molecule has 1 heterocycles. The Kier molecular flexibility index (Phi) is 4.06. The molecule has 1 aromatic heterocycles. The minimum atomic E-state index is -2.63.